The summed E-state index contributed by atoms with van der Waals surface area (Å²) < 4.78 is 11.0. The van der Waals surface area contributed by atoms with E-state index >= 15 is 0 Å². The fourth-order valence-corrected chi connectivity index (χ4v) is 3.16. The Morgan fingerprint density at radius 1 is 1.15 bits per heavy atom. The molecule has 0 aliphatic carbocycles. The average molecular weight is 351 g/mol. The topological polar surface area (TPSA) is 51.5 Å². The fraction of sp³-hybridized carbons (Fsp3) is 0.318. The summed E-state index contributed by atoms with van der Waals surface area (Å²) in [7, 11) is 1.67. The van der Waals surface area contributed by atoms with E-state index in [2.05, 4.69) is 31.3 Å². The minimum atomic E-state index is -0.00103. The highest BCUT2D eigenvalue weighted by atomic mass is 16.5. The lowest BCUT2D eigenvalue weighted by atomic mass is 10.1. The van der Waals surface area contributed by atoms with Crippen molar-refractivity contribution in [1.82, 2.24) is 5.32 Å². The standard InChI is InChI=1S/C22H25NO3/c1-4-16-6-7-19-18(14-26-21(19)12-16)13-22(24)23-10-9-17-11-15(2)5-8-20(17)25-3/h5-8,11-12,14H,4,9-10,13H2,1-3H3,(H,23,24). The zero-order valence-electron chi connectivity index (χ0n) is 15.6. The summed E-state index contributed by atoms with van der Waals surface area (Å²) in [5.74, 6) is 0.858. The third-order valence-electron chi connectivity index (χ3n) is 4.63. The molecular formula is C22H25NO3. The molecule has 0 spiro atoms. The van der Waals surface area contributed by atoms with Crippen molar-refractivity contribution in [2.45, 2.75) is 33.1 Å². The minimum Gasteiger partial charge on any atom is -0.496 e. The smallest absolute Gasteiger partial charge is 0.224 e. The lowest BCUT2D eigenvalue weighted by molar-refractivity contribution is -0.120. The van der Waals surface area contributed by atoms with Gasteiger partial charge < -0.3 is 14.5 Å². The molecule has 0 fully saturated rings. The molecule has 0 aliphatic rings. The Morgan fingerprint density at radius 3 is 2.77 bits per heavy atom. The number of hydrogen-bond donors (Lipinski definition) is 1. The van der Waals surface area contributed by atoms with Crippen molar-refractivity contribution in [2.75, 3.05) is 13.7 Å². The summed E-state index contributed by atoms with van der Waals surface area (Å²) in [6.45, 7) is 4.74. The van der Waals surface area contributed by atoms with Crippen molar-refractivity contribution in [3.8, 4) is 5.75 Å². The largest absolute Gasteiger partial charge is 0.496 e. The van der Waals surface area contributed by atoms with Gasteiger partial charge in [0.25, 0.3) is 0 Å². The molecule has 3 rings (SSSR count). The molecule has 136 valence electrons. The van der Waals surface area contributed by atoms with Gasteiger partial charge in [-0.25, -0.2) is 0 Å². The van der Waals surface area contributed by atoms with Gasteiger partial charge in [-0.3, -0.25) is 4.79 Å². The zero-order valence-corrected chi connectivity index (χ0v) is 15.6. The number of fused-ring (bicyclic) bond motifs is 1. The van der Waals surface area contributed by atoms with Gasteiger partial charge in [-0.2, -0.15) is 0 Å². The van der Waals surface area contributed by atoms with Crippen LogP contribution in [0, 0.1) is 6.92 Å². The average Bonchev–Trinajstić information content (AvgIpc) is 3.03. The van der Waals surface area contributed by atoms with E-state index in [1.165, 1.54) is 11.1 Å². The molecule has 3 aromatic rings. The number of amides is 1. The summed E-state index contributed by atoms with van der Waals surface area (Å²) in [5, 5.41) is 4.00. The third-order valence-corrected chi connectivity index (χ3v) is 4.63. The van der Waals surface area contributed by atoms with Crippen LogP contribution in [-0.4, -0.2) is 19.6 Å². The zero-order chi connectivity index (χ0) is 18.5. The van der Waals surface area contributed by atoms with Crippen molar-refractivity contribution < 1.29 is 13.9 Å². The van der Waals surface area contributed by atoms with Crippen molar-refractivity contribution in [2.24, 2.45) is 0 Å². The molecule has 0 saturated heterocycles. The Balaban J connectivity index is 1.59. The van der Waals surface area contributed by atoms with Crippen LogP contribution in [0.1, 0.15) is 29.2 Å². The highest BCUT2D eigenvalue weighted by molar-refractivity contribution is 5.87. The molecular weight excluding hydrogens is 326 g/mol. The maximum absolute atomic E-state index is 12.3. The van der Waals surface area contributed by atoms with Crippen LogP contribution >= 0.6 is 0 Å². The van der Waals surface area contributed by atoms with Crippen LogP contribution in [0.5, 0.6) is 5.75 Å². The predicted octanol–water partition coefficient (Wildman–Crippen LogP) is 4.21. The molecule has 0 aliphatic heterocycles. The van der Waals surface area contributed by atoms with Crippen LogP contribution in [0.2, 0.25) is 0 Å². The van der Waals surface area contributed by atoms with Gasteiger partial charge >= 0.3 is 0 Å². The number of carbonyl (C=O) groups is 1. The lowest BCUT2D eigenvalue weighted by Gasteiger charge is -2.10. The molecule has 0 saturated carbocycles. The summed E-state index contributed by atoms with van der Waals surface area (Å²) >= 11 is 0. The SMILES string of the molecule is CCc1ccc2c(CC(=O)NCCc3cc(C)ccc3OC)coc2c1. The lowest BCUT2D eigenvalue weighted by Crippen LogP contribution is -2.27. The number of hydrogen-bond acceptors (Lipinski definition) is 3. The van der Waals surface area contributed by atoms with E-state index in [0.29, 0.717) is 13.0 Å². The summed E-state index contributed by atoms with van der Waals surface area (Å²) in [5.41, 5.74) is 5.29. The first-order valence-electron chi connectivity index (χ1n) is 9.00. The second kappa shape index (κ2) is 8.09. The summed E-state index contributed by atoms with van der Waals surface area (Å²) in [6, 6.07) is 12.3. The number of carbonyl (C=O) groups excluding carboxylic acids is 1. The molecule has 4 nitrogen and oxygen atoms in total. The van der Waals surface area contributed by atoms with Crippen molar-refractivity contribution in [1.29, 1.82) is 0 Å². The van der Waals surface area contributed by atoms with Crippen molar-refractivity contribution >= 4 is 16.9 Å². The van der Waals surface area contributed by atoms with E-state index < -0.39 is 0 Å². The number of methoxy groups -OCH3 is 1. The highest BCUT2D eigenvalue weighted by Gasteiger charge is 2.11. The first-order chi connectivity index (χ1) is 12.6. The monoisotopic (exact) mass is 351 g/mol. The van der Waals surface area contributed by atoms with E-state index in [0.717, 1.165) is 40.7 Å². The Hall–Kier alpha value is -2.75. The molecule has 4 heteroatoms. The number of nitrogens with one attached hydrogen (secondary N) is 1. The first-order valence-corrected chi connectivity index (χ1v) is 9.00. The molecule has 0 unspecified atom stereocenters. The molecule has 1 N–H and O–H groups in total. The molecule has 1 heterocycles. The van der Waals surface area contributed by atoms with Gasteiger partial charge in [-0.1, -0.05) is 36.8 Å². The maximum Gasteiger partial charge on any atom is 0.224 e. The number of rotatable bonds is 7. The second-order valence-corrected chi connectivity index (χ2v) is 6.54. The molecule has 1 amide bonds. The number of aryl methyl sites for hydroxylation is 2. The van der Waals surface area contributed by atoms with Gasteiger partial charge in [0.1, 0.15) is 11.3 Å². The van der Waals surface area contributed by atoms with Gasteiger partial charge in [0.05, 0.1) is 19.8 Å². The quantitative estimate of drug-likeness (QED) is 0.693. The summed E-state index contributed by atoms with van der Waals surface area (Å²) in [6.07, 6.45) is 3.72. The van der Waals surface area contributed by atoms with Crippen LogP contribution in [0.15, 0.2) is 47.1 Å². The Morgan fingerprint density at radius 2 is 2.00 bits per heavy atom. The fourth-order valence-electron chi connectivity index (χ4n) is 3.16. The van der Waals surface area contributed by atoms with Gasteiger partial charge in [-0.15, -0.1) is 0 Å². The first kappa shape index (κ1) is 18.1. The normalized spacial score (nSPS) is 10.9. The Bertz CT molecular complexity index is 911. The summed E-state index contributed by atoms with van der Waals surface area (Å²) in [4.78, 5) is 12.3. The molecule has 26 heavy (non-hydrogen) atoms. The van der Waals surface area contributed by atoms with Gasteiger partial charge in [0.15, 0.2) is 0 Å². The van der Waals surface area contributed by atoms with Crippen LogP contribution in [0.3, 0.4) is 0 Å². The maximum atomic E-state index is 12.3. The Labute approximate surface area is 154 Å². The number of ether oxygens (including phenoxy) is 1. The van der Waals surface area contributed by atoms with Gasteiger partial charge in [0.2, 0.25) is 5.91 Å². The second-order valence-electron chi connectivity index (χ2n) is 6.54. The van der Waals surface area contributed by atoms with Crippen molar-refractivity contribution in [3.63, 3.8) is 0 Å². The van der Waals surface area contributed by atoms with E-state index in [-0.39, 0.29) is 5.91 Å². The highest BCUT2D eigenvalue weighted by Crippen LogP contribution is 2.23. The number of benzene rings is 2. The Kier molecular flexibility index (Phi) is 5.61. The van der Waals surface area contributed by atoms with E-state index in [1.807, 2.05) is 24.3 Å². The molecule has 0 atom stereocenters. The van der Waals surface area contributed by atoms with E-state index in [9.17, 15) is 4.79 Å². The van der Waals surface area contributed by atoms with Crippen molar-refractivity contribution in [3.05, 3.63) is 64.9 Å². The minimum absolute atomic E-state index is 0.00103. The van der Waals surface area contributed by atoms with Gasteiger partial charge in [0, 0.05) is 17.5 Å². The molecule has 2 aromatic carbocycles. The predicted molar refractivity (Wildman–Crippen MR) is 104 cm³/mol. The van der Waals surface area contributed by atoms with Crippen LogP contribution in [0.4, 0.5) is 0 Å². The van der Waals surface area contributed by atoms with Crippen LogP contribution < -0.4 is 10.1 Å². The molecule has 0 radical (unpaired) electrons. The van der Waals surface area contributed by atoms with E-state index in [4.69, 9.17) is 9.15 Å². The third kappa shape index (κ3) is 4.07. The molecule has 1 aromatic heterocycles. The van der Waals surface area contributed by atoms with Gasteiger partial charge in [-0.05, 0) is 43.0 Å². The van der Waals surface area contributed by atoms with Crippen LogP contribution in [-0.2, 0) is 24.1 Å². The number of furan rings is 1. The van der Waals surface area contributed by atoms with E-state index in [1.54, 1.807) is 13.4 Å². The molecule has 0 bridgehead atoms. The van der Waals surface area contributed by atoms with Crippen LogP contribution in [0.25, 0.3) is 11.0 Å².